The van der Waals surface area contributed by atoms with Crippen LogP contribution in [0, 0.1) is 10.1 Å². The quantitative estimate of drug-likeness (QED) is 0.690. The topological polar surface area (TPSA) is 74.1 Å². The molecule has 1 atom stereocenters. The zero-order chi connectivity index (χ0) is 14.0. The molecule has 2 aromatic rings. The van der Waals surface area contributed by atoms with Gasteiger partial charge in [-0.25, -0.2) is 0 Å². The molecule has 1 heterocycles. The molecule has 5 nitrogen and oxygen atoms in total. The molecule has 0 bridgehead atoms. The Morgan fingerprint density at radius 3 is 2.79 bits per heavy atom. The molecule has 6 heteroatoms. The summed E-state index contributed by atoms with van der Waals surface area (Å²) in [5.74, 6) is 0. The lowest BCUT2D eigenvalue weighted by molar-refractivity contribution is -0.384. The largest absolute Gasteiger partial charge is 0.346 e. The minimum atomic E-state index is -0.460. The Labute approximate surface area is 115 Å². The van der Waals surface area contributed by atoms with E-state index in [4.69, 9.17) is 17.3 Å². The number of nitrogens with zero attached hydrogens (tertiary/aromatic N) is 2. The third-order valence-corrected chi connectivity index (χ3v) is 3.27. The van der Waals surface area contributed by atoms with Gasteiger partial charge in [-0.3, -0.25) is 10.1 Å². The molecule has 0 aliphatic carbocycles. The van der Waals surface area contributed by atoms with Crippen LogP contribution in [0.5, 0.6) is 0 Å². The van der Waals surface area contributed by atoms with E-state index in [-0.39, 0.29) is 11.7 Å². The van der Waals surface area contributed by atoms with Crippen molar-refractivity contribution < 1.29 is 4.92 Å². The minimum Gasteiger partial charge on any atom is -0.346 e. The zero-order valence-corrected chi connectivity index (χ0v) is 11.2. The summed E-state index contributed by atoms with van der Waals surface area (Å²) in [4.78, 5) is 10.2. The van der Waals surface area contributed by atoms with Crippen molar-refractivity contribution in [2.24, 2.45) is 5.73 Å². The Balaban J connectivity index is 2.28. The van der Waals surface area contributed by atoms with E-state index in [2.05, 4.69) is 0 Å². The second kappa shape index (κ2) is 5.42. The molecule has 1 aromatic heterocycles. The summed E-state index contributed by atoms with van der Waals surface area (Å²) < 4.78 is 1.98. The predicted octanol–water partition coefficient (Wildman–Crippen LogP) is 3.12. The molecule has 2 rings (SSSR count). The SMILES string of the molecule is CC(N)c1cccn1Cc1ccc([N+](=O)[O-])cc1Cl. The van der Waals surface area contributed by atoms with Crippen LogP contribution in [0.25, 0.3) is 0 Å². The number of hydrogen-bond donors (Lipinski definition) is 1. The van der Waals surface area contributed by atoms with Gasteiger partial charge in [0.2, 0.25) is 0 Å². The molecule has 1 unspecified atom stereocenters. The summed E-state index contributed by atoms with van der Waals surface area (Å²) in [6.07, 6.45) is 1.91. The van der Waals surface area contributed by atoms with E-state index in [0.717, 1.165) is 11.3 Å². The van der Waals surface area contributed by atoms with Crippen LogP contribution in [0.4, 0.5) is 5.69 Å². The van der Waals surface area contributed by atoms with Crippen molar-refractivity contribution in [2.75, 3.05) is 0 Å². The van der Waals surface area contributed by atoms with E-state index in [1.54, 1.807) is 6.07 Å². The molecule has 2 N–H and O–H groups in total. The van der Waals surface area contributed by atoms with Crippen molar-refractivity contribution in [3.63, 3.8) is 0 Å². The van der Waals surface area contributed by atoms with E-state index in [1.165, 1.54) is 12.1 Å². The van der Waals surface area contributed by atoms with Crippen LogP contribution in [0.1, 0.15) is 24.2 Å². The Hall–Kier alpha value is -1.85. The van der Waals surface area contributed by atoms with Crippen LogP contribution in [0.15, 0.2) is 36.5 Å². The maximum absolute atomic E-state index is 10.7. The Kier molecular flexibility index (Phi) is 3.87. The van der Waals surface area contributed by atoms with Crippen LogP contribution in [-0.4, -0.2) is 9.49 Å². The monoisotopic (exact) mass is 279 g/mol. The van der Waals surface area contributed by atoms with E-state index < -0.39 is 4.92 Å². The fourth-order valence-corrected chi connectivity index (χ4v) is 2.18. The number of nitro groups is 1. The first-order valence-electron chi connectivity index (χ1n) is 5.82. The molecule has 100 valence electrons. The Bertz CT molecular complexity index is 608. The number of nitrogens with two attached hydrogens (primary N) is 1. The highest BCUT2D eigenvalue weighted by Gasteiger charge is 2.11. The lowest BCUT2D eigenvalue weighted by Gasteiger charge is -2.12. The van der Waals surface area contributed by atoms with Crippen molar-refractivity contribution >= 4 is 17.3 Å². The summed E-state index contributed by atoms with van der Waals surface area (Å²) in [5.41, 5.74) is 7.68. The van der Waals surface area contributed by atoms with Gasteiger partial charge in [-0.15, -0.1) is 0 Å². The molecular formula is C13H14ClN3O2. The van der Waals surface area contributed by atoms with Gasteiger partial charge in [0.1, 0.15) is 0 Å². The van der Waals surface area contributed by atoms with Gasteiger partial charge >= 0.3 is 0 Å². The highest BCUT2D eigenvalue weighted by Crippen LogP contribution is 2.24. The summed E-state index contributed by atoms with van der Waals surface area (Å²) in [7, 11) is 0. The van der Waals surface area contributed by atoms with Crippen molar-refractivity contribution in [3.8, 4) is 0 Å². The number of hydrogen-bond acceptors (Lipinski definition) is 3. The number of rotatable bonds is 4. The third kappa shape index (κ3) is 2.94. The maximum atomic E-state index is 10.7. The average molecular weight is 280 g/mol. The molecule has 0 aliphatic rings. The lowest BCUT2D eigenvalue weighted by Crippen LogP contribution is -2.12. The third-order valence-electron chi connectivity index (χ3n) is 2.92. The highest BCUT2D eigenvalue weighted by molar-refractivity contribution is 6.31. The van der Waals surface area contributed by atoms with Gasteiger partial charge < -0.3 is 10.3 Å². The standard InChI is InChI=1S/C13H14ClN3O2/c1-9(15)13-3-2-6-16(13)8-10-4-5-11(17(18)19)7-12(10)14/h2-7,9H,8,15H2,1H3. The molecular weight excluding hydrogens is 266 g/mol. The molecule has 0 saturated carbocycles. The van der Waals surface area contributed by atoms with Crippen molar-refractivity contribution in [1.29, 1.82) is 0 Å². The summed E-state index contributed by atoms with van der Waals surface area (Å²) in [6, 6.07) is 8.28. The first-order chi connectivity index (χ1) is 8.99. The first-order valence-corrected chi connectivity index (χ1v) is 6.20. The molecule has 0 radical (unpaired) electrons. The fourth-order valence-electron chi connectivity index (χ4n) is 1.95. The first kappa shape index (κ1) is 13.6. The van der Waals surface area contributed by atoms with Gasteiger partial charge in [0, 0.05) is 36.6 Å². The lowest BCUT2D eigenvalue weighted by atomic mass is 10.2. The van der Waals surface area contributed by atoms with Gasteiger partial charge in [0.15, 0.2) is 0 Å². The second-order valence-electron chi connectivity index (χ2n) is 4.38. The van der Waals surface area contributed by atoms with E-state index in [0.29, 0.717) is 11.6 Å². The van der Waals surface area contributed by atoms with Crippen LogP contribution >= 0.6 is 11.6 Å². The molecule has 1 aromatic carbocycles. The number of halogens is 1. The number of aromatic nitrogens is 1. The second-order valence-corrected chi connectivity index (χ2v) is 4.79. The molecule has 0 spiro atoms. The van der Waals surface area contributed by atoms with Crippen LogP contribution < -0.4 is 5.73 Å². The van der Waals surface area contributed by atoms with E-state index >= 15 is 0 Å². The molecule has 19 heavy (non-hydrogen) atoms. The van der Waals surface area contributed by atoms with Crippen LogP contribution in [0.3, 0.4) is 0 Å². The normalized spacial score (nSPS) is 12.4. The molecule has 0 fully saturated rings. The number of nitro benzene ring substituents is 1. The summed E-state index contributed by atoms with van der Waals surface area (Å²) >= 11 is 6.07. The van der Waals surface area contributed by atoms with Crippen LogP contribution in [-0.2, 0) is 6.54 Å². The fraction of sp³-hybridized carbons (Fsp3) is 0.231. The van der Waals surface area contributed by atoms with Crippen molar-refractivity contribution in [3.05, 3.63) is 62.9 Å². The van der Waals surface area contributed by atoms with E-state index in [9.17, 15) is 10.1 Å². The Morgan fingerprint density at radius 1 is 1.47 bits per heavy atom. The van der Waals surface area contributed by atoms with E-state index in [1.807, 2.05) is 29.8 Å². The van der Waals surface area contributed by atoms with Gasteiger partial charge in [0.05, 0.1) is 9.95 Å². The maximum Gasteiger partial charge on any atom is 0.270 e. The predicted molar refractivity (Wildman–Crippen MR) is 74.2 cm³/mol. The van der Waals surface area contributed by atoms with Crippen molar-refractivity contribution in [2.45, 2.75) is 19.5 Å². The summed E-state index contributed by atoms with van der Waals surface area (Å²) in [6.45, 7) is 2.45. The smallest absolute Gasteiger partial charge is 0.270 e. The Morgan fingerprint density at radius 2 is 2.21 bits per heavy atom. The average Bonchev–Trinajstić information content (AvgIpc) is 2.79. The molecule has 0 amide bonds. The molecule has 0 saturated heterocycles. The zero-order valence-electron chi connectivity index (χ0n) is 10.4. The van der Waals surface area contributed by atoms with Crippen LogP contribution in [0.2, 0.25) is 5.02 Å². The number of non-ortho nitro benzene ring substituents is 1. The molecule has 0 aliphatic heterocycles. The number of benzene rings is 1. The van der Waals surface area contributed by atoms with Gasteiger partial charge in [0.25, 0.3) is 5.69 Å². The van der Waals surface area contributed by atoms with Gasteiger partial charge in [-0.1, -0.05) is 11.6 Å². The minimum absolute atomic E-state index is 0.00586. The van der Waals surface area contributed by atoms with Crippen molar-refractivity contribution in [1.82, 2.24) is 4.57 Å². The highest BCUT2D eigenvalue weighted by atomic mass is 35.5. The van der Waals surface area contributed by atoms with Gasteiger partial charge in [-0.2, -0.15) is 0 Å². The summed E-state index contributed by atoms with van der Waals surface area (Å²) in [5, 5.41) is 11.0. The van der Waals surface area contributed by atoms with Gasteiger partial charge in [-0.05, 0) is 30.7 Å².